The molecule has 0 bridgehead atoms. The summed E-state index contributed by atoms with van der Waals surface area (Å²) in [5, 5.41) is 3.14. The maximum atomic E-state index is 12.0. The van der Waals surface area contributed by atoms with Gasteiger partial charge in [-0.1, -0.05) is 6.07 Å². The molecule has 0 radical (unpaired) electrons. The van der Waals surface area contributed by atoms with Gasteiger partial charge in [-0.3, -0.25) is 9.78 Å². The Kier molecular flexibility index (Phi) is 4.18. The van der Waals surface area contributed by atoms with Crippen molar-refractivity contribution < 1.29 is 14.2 Å². The van der Waals surface area contributed by atoms with E-state index in [-0.39, 0.29) is 12.4 Å². The van der Waals surface area contributed by atoms with E-state index < -0.39 is 0 Å². The molecule has 0 saturated carbocycles. The molecule has 0 spiro atoms. The van der Waals surface area contributed by atoms with Gasteiger partial charge < -0.3 is 19.5 Å². The molecular weight excluding hydrogens is 334 g/mol. The highest BCUT2D eigenvalue weighted by Crippen LogP contribution is 2.32. The SMILES string of the molecule is COc1ccc(-c2cc(=O)[nH]c(NCc3ccc4c(c3)OCO4)n2)cc1. The van der Waals surface area contributed by atoms with Crippen molar-refractivity contribution in [1.82, 2.24) is 9.97 Å². The molecule has 0 saturated heterocycles. The molecule has 7 heteroatoms. The molecule has 0 aliphatic carbocycles. The number of fused-ring (bicyclic) bond motifs is 1. The van der Waals surface area contributed by atoms with Crippen molar-refractivity contribution in [3.8, 4) is 28.5 Å². The van der Waals surface area contributed by atoms with Crippen molar-refractivity contribution in [1.29, 1.82) is 0 Å². The third-order valence-electron chi connectivity index (χ3n) is 4.02. The summed E-state index contributed by atoms with van der Waals surface area (Å²) in [4.78, 5) is 19.2. The van der Waals surface area contributed by atoms with Crippen LogP contribution in [0.5, 0.6) is 17.2 Å². The van der Waals surface area contributed by atoms with Gasteiger partial charge in [0.2, 0.25) is 12.7 Å². The van der Waals surface area contributed by atoms with Crippen LogP contribution in [0, 0.1) is 0 Å². The Balaban J connectivity index is 1.53. The summed E-state index contributed by atoms with van der Waals surface area (Å²) in [6, 6.07) is 14.6. The molecule has 26 heavy (non-hydrogen) atoms. The van der Waals surface area contributed by atoms with Crippen LogP contribution in [0.3, 0.4) is 0 Å². The lowest BCUT2D eigenvalue weighted by Gasteiger charge is -2.08. The lowest BCUT2D eigenvalue weighted by atomic mass is 10.1. The molecule has 7 nitrogen and oxygen atoms in total. The number of aromatic amines is 1. The van der Waals surface area contributed by atoms with Gasteiger partial charge in [0.25, 0.3) is 5.56 Å². The maximum Gasteiger partial charge on any atom is 0.252 e. The number of ether oxygens (including phenoxy) is 3. The average molecular weight is 351 g/mol. The number of rotatable bonds is 5. The minimum Gasteiger partial charge on any atom is -0.497 e. The molecule has 2 heterocycles. The van der Waals surface area contributed by atoms with Gasteiger partial charge in [0, 0.05) is 18.2 Å². The highest BCUT2D eigenvalue weighted by molar-refractivity contribution is 5.61. The molecule has 3 aromatic rings. The second-order valence-corrected chi connectivity index (χ2v) is 5.75. The molecule has 1 aliphatic rings. The lowest BCUT2D eigenvalue weighted by Crippen LogP contribution is -2.12. The summed E-state index contributed by atoms with van der Waals surface area (Å²) in [6.07, 6.45) is 0. The van der Waals surface area contributed by atoms with Gasteiger partial charge in [-0.25, -0.2) is 4.98 Å². The number of anilines is 1. The largest absolute Gasteiger partial charge is 0.497 e. The van der Waals surface area contributed by atoms with Gasteiger partial charge in [0.15, 0.2) is 11.5 Å². The number of hydrogen-bond donors (Lipinski definition) is 2. The zero-order valence-corrected chi connectivity index (χ0v) is 14.1. The van der Waals surface area contributed by atoms with Crippen molar-refractivity contribution in [3.05, 3.63) is 64.4 Å². The highest BCUT2D eigenvalue weighted by Gasteiger charge is 2.13. The van der Waals surface area contributed by atoms with E-state index in [0.717, 1.165) is 28.4 Å². The predicted octanol–water partition coefficient (Wildman–Crippen LogP) is 2.79. The van der Waals surface area contributed by atoms with Crippen LogP contribution in [0.2, 0.25) is 0 Å². The summed E-state index contributed by atoms with van der Waals surface area (Å²) in [6.45, 7) is 0.733. The molecule has 132 valence electrons. The molecule has 1 aromatic heterocycles. The van der Waals surface area contributed by atoms with Gasteiger partial charge in [-0.2, -0.15) is 0 Å². The van der Waals surface area contributed by atoms with E-state index in [1.165, 1.54) is 6.07 Å². The third kappa shape index (κ3) is 3.32. The smallest absolute Gasteiger partial charge is 0.252 e. The molecule has 0 unspecified atom stereocenters. The first-order valence-electron chi connectivity index (χ1n) is 8.09. The van der Waals surface area contributed by atoms with Crippen molar-refractivity contribution >= 4 is 5.95 Å². The Morgan fingerprint density at radius 3 is 2.73 bits per heavy atom. The van der Waals surface area contributed by atoms with Crippen LogP contribution < -0.4 is 25.1 Å². The first-order chi connectivity index (χ1) is 12.7. The van der Waals surface area contributed by atoms with E-state index >= 15 is 0 Å². The summed E-state index contributed by atoms with van der Waals surface area (Å²) in [7, 11) is 1.61. The zero-order valence-electron chi connectivity index (χ0n) is 14.1. The van der Waals surface area contributed by atoms with Crippen molar-refractivity contribution in [2.24, 2.45) is 0 Å². The van der Waals surface area contributed by atoms with Crippen LogP contribution >= 0.6 is 0 Å². The van der Waals surface area contributed by atoms with E-state index in [9.17, 15) is 4.79 Å². The monoisotopic (exact) mass is 351 g/mol. The Hall–Kier alpha value is -3.48. The number of nitrogens with one attached hydrogen (secondary N) is 2. The zero-order chi connectivity index (χ0) is 17.9. The minimum absolute atomic E-state index is 0.223. The summed E-state index contributed by atoms with van der Waals surface area (Å²) in [5.41, 5.74) is 2.19. The Labute approximate surface area is 149 Å². The van der Waals surface area contributed by atoms with E-state index in [1.807, 2.05) is 42.5 Å². The number of aromatic nitrogens is 2. The number of nitrogens with zero attached hydrogens (tertiary/aromatic N) is 1. The quantitative estimate of drug-likeness (QED) is 0.735. The fraction of sp³-hybridized carbons (Fsp3) is 0.158. The predicted molar refractivity (Wildman–Crippen MR) is 96.7 cm³/mol. The fourth-order valence-electron chi connectivity index (χ4n) is 2.69. The lowest BCUT2D eigenvalue weighted by molar-refractivity contribution is 0.174. The first kappa shape index (κ1) is 16.0. The van der Waals surface area contributed by atoms with Gasteiger partial charge in [0.1, 0.15) is 5.75 Å². The maximum absolute atomic E-state index is 12.0. The van der Waals surface area contributed by atoms with Crippen LogP contribution in [0.1, 0.15) is 5.56 Å². The van der Waals surface area contributed by atoms with Crippen LogP contribution in [-0.4, -0.2) is 23.9 Å². The van der Waals surface area contributed by atoms with Crippen LogP contribution in [0.4, 0.5) is 5.95 Å². The molecule has 1 aliphatic heterocycles. The van der Waals surface area contributed by atoms with E-state index in [2.05, 4.69) is 15.3 Å². The normalized spacial score (nSPS) is 12.0. The van der Waals surface area contributed by atoms with E-state index in [0.29, 0.717) is 18.2 Å². The molecule has 0 fully saturated rings. The Bertz CT molecular complexity index is 983. The summed E-state index contributed by atoms with van der Waals surface area (Å²) in [5.74, 6) is 2.61. The van der Waals surface area contributed by atoms with Crippen LogP contribution in [0.15, 0.2) is 53.3 Å². The molecular formula is C19H17N3O4. The van der Waals surface area contributed by atoms with E-state index in [1.54, 1.807) is 7.11 Å². The van der Waals surface area contributed by atoms with Crippen molar-refractivity contribution in [2.45, 2.75) is 6.54 Å². The summed E-state index contributed by atoms with van der Waals surface area (Å²) >= 11 is 0. The molecule has 0 atom stereocenters. The van der Waals surface area contributed by atoms with Crippen LogP contribution in [-0.2, 0) is 6.54 Å². The number of hydrogen-bond acceptors (Lipinski definition) is 6. The Morgan fingerprint density at radius 2 is 1.92 bits per heavy atom. The standard InChI is InChI=1S/C19H17N3O4/c1-24-14-5-3-13(4-6-14)15-9-18(23)22-19(21-15)20-10-12-2-7-16-17(8-12)26-11-25-16/h2-9H,10-11H2,1H3,(H2,20,21,22,23). The second-order valence-electron chi connectivity index (χ2n) is 5.75. The third-order valence-corrected chi connectivity index (χ3v) is 4.02. The van der Waals surface area contributed by atoms with Gasteiger partial charge >= 0.3 is 0 Å². The van der Waals surface area contributed by atoms with Gasteiger partial charge in [-0.15, -0.1) is 0 Å². The van der Waals surface area contributed by atoms with Crippen molar-refractivity contribution in [2.75, 3.05) is 19.2 Å². The first-order valence-corrected chi connectivity index (χ1v) is 8.09. The Morgan fingerprint density at radius 1 is 1.12 bits per heavy atom. The molecule has 2 N–H and O–H groups in total. The van der Waals surface area contributed by atoms with Gasteiger partial charge in [0.05, 0.1) is 12.8 Å². The summed E-state index contributed by atoms with van der Waals surface area (Å²) < 4.78 is 15.8. The van der Waals surface area contributed by atoms with E-state index in [4.69, 9.17) is 14.2 Å². The van der Waals surface area contributed by atoms with Gasteiger partial charge in [-0.05, 0) is 42.0 Å². The minimum atomic E-state index is -0.223. The fourth-order valence-corrected chi connectivity index (χ4v) is 2.69. The molecule has 0 amide bonds. The number of methoxy groups -OCH3 is 1. The van der Waals surface area contributed by atoms with Crippen LogP contribution in [0.25, 0.3) is 11.3 Å². The van der Waals surface area contributed by atoms with Crippen molar-refractivity contribution in [3.63, 3.8) is 0 Å². The molecule has 4 rings (SSSR count). The second kappa shape index (κ2) is 6.79. The number of benzene rings is 2. The highest BCUT2D eigenvalue weighted by atomic mass is 16.7. The topological polar surface area (TPSA) is 85.5 Å². The molecule has 2 aromatic carbocycles. The average Bonchev–Trinajstić information content (AvgIpc) is 3.14. The number of H-pyrrole nitrogens is 1.